The van der Waals surface area contributed by atoms with Gasteiger partial charge in [0.15, 0.2) is 5.76 Å². The number of hydrogen-bond acceptors (Lipinski definition) is 6. The molecule has 1 aromatic heterocycles. The highest BCUT2D eigenvalue weighted by molar-refractivity contribution is 6.31. The number of esters is 1. The Bertz CT molecular complexity index is 1040. The topological polar surface area (TPSA) is 95.5 Å². The second kappa shape index (κ2) is 7.50. The van der Waals surface area contributed by atoms with E-state index < -0.39 is 28.2 Å². The average molecular weight is 395 g/mol. The van der Waals surface area contributed by atoms with Gasteiger partial charge in [0, 0.05) is 23.2 Å². The molecule has 0 fully saturated rings. The van der Waals surface area contributed by atoms with Crippen molar-refractivity contribution in [1.29, 1.82) is 0 Å². The maximum Gasteiger partial charge on any atom is 0.345 e. The highest BCUT2D eigenvalue weighted by Gasteiger charge is 2.22. The molecule has 0 aliphatic carbocycles. The molecule has 3 aromatic rings. The van der Waals surface area contributed by atoms with Crippen molar-refractivity contribution in [2.24, 2.45) is 0 Å². The number of nitrogens with zero attached hydrogens (tertiary/aromatic N) is 2. The van der Waals surface area contributed by atoms with E-state index >= 15 is 0 Å². The lowest BCUT2D eigenvalue weighted by Gasteiger charge is -2.04. The smallest absolute Gasteiger partial charge is 0.345 e. The van der Waals surface area contributed by atoms with Crippen molar-refractivity contribution in [3.05, 3.63) is 80.5 Å². The van der Waals surface area contributed by atoms with Crippen LogP contribution in [0.25, 0.3) is 11.3 Å². The van der Waals surface area contributed by atoms with Gasteiger partial charge >= 0.3 is 5.97 Å². The highest BCUT2D eigenvalue weighted by Crippen LogP contribution is 2.26. The largest absolute Gasteiger partial charge is 0.455 e. The quantitative estimate of drug-likeness (QED) is 0.358. The molecule has 0 aliphatic rings. The van der Waals surface area contributed by atoms with Crippen LogP contribution in [0.5, 0.6) is 0 Å². The van der Waals surface area contributed by atoms with Crippen LogP contribution in [0, 0.1) is 21.7 Å². The molecule has 0 atom stereocenters. The zero-order valence-corrected chi connectivity index (χ0v) is 14.1. The summed E-state index contributed by atoms with van der Waals surface area (Å²) in [4.78, 5) is 22.4. The third kappa shape index (κ3) is 4.09. The number of nitro groups is 1. The van der Waals surface area contributed by atoms with Crippen molar-refractivity contribution in [2.45, 2.75) is 6.61 Å². The number of nitro benzene ring substituents is 1. The third-order valence-corrected chi connectivity index (χ3v) is 3.72. The predicted molar refractivity (Wildman–Crippen MR) is 89.1 cm³/mol. The fourth-order valence-corrected chi connectivity index (χ4v) is 2.42. The maximum absolute atomic E-state index is 13.7. The summed E-state index contributed by atoms with van der Waals surface area (Å²) < 4.78 is 36.6. The van der Waals surface area contributed by atoms with E-state index in [-0.39, 0.29) is 34.2 Å². The molecule has 0 spiro atoms. The lowest BCUT2D eigenvalue weighted by molar-refractivity contribution is -0.385. The summed E-state index contributed by atoms with van der Waals surface area (Å²) in [6, 6.07) is 7.70. The Morgan fingerprint density at radius 1 is 1.22 bits per heavy atom. The zero-order chi connectivity index (χ0) is 19.6. The molecule has 0 unspecified atom stereocenters. The van der Waals surface area contributed by atoms with Gasteiger partial charge in [-0.15, -0.1) is 0 Å². The van der Waals surface area contributed by atoms with Gasteiger partial charge in [-0.3, -0.25) is 10.1 Å². The van der Waals surface area contributed by atoms with Crippen molar-refractivity contribution in [2.75, 3.05) is 0 Å². The minimum atomic E-state index is -0.985. The van der Waals surface area contributed by atoms with Crippen molar-refractivity contribution in [3.63, 3.8) is 0 Å². The van der Waals surface area contributed by atoms with Crippen molar-refractivity contribution in [1.82, 2.24) is 5.16 Å². The van der Waals surface area contributed by atoms with Gasteiger partial charge in [0.25, 0.3) is 5.69 Å². The summed E-state index contributed by atoms with van der Waals surface area (Å²) in [7, 11) is 0. The summed E-state index contributed by atoms with van der Waals surface area (Å²) in [5.41, 5.74) is -0.668. The van der Waals surface area contributed by atoms with Crippen LogP contribution in [-0.2, 0) is 11.3 Å². The first-order valence-electron chi connectivity index (χ1n) is 7.37. The monoisotopic (exact) mass is 394 g/mol. The van der Waals surface area contributed by atoms with Gasteiger partial charge in [0.05, 0.1) is 10.5 Å². The third-order valence-electron chi connectivity index (χ3n) is 3.48. The summed E-state index contributed by atoms with van der Waals surface area (Å²) in [5, 5.41) is 14.7. The van der Waals surface area contributed by atoms with E-state index in [4.69, 9.17) is 20.9 Å². The van der Waals surface area contributed by atoms with Gasteiger partial charge in [-0.05, 0) is 24.3 Å². The van der Waals surface area contributed by atoms with Crippen LogP contribution in [0.3, 0.4) is 0 Å². The Balaban J connectivity index is 1.75. The molecule has 2 aromatic carbocycles. The standard InChI is InChI=1S/C17H9ClF2N2O5/c18-9-1-4-15(22(24)25)13(5-9)17(23)26-8-11-7-16(27-21-11)12-3-2-10(19)6-14(12)20/h1-7H,8H2. The van der Waals surface area contributed by atoms with Crippen LogP contribution >= 0.6 is 11.6 Å². The van der Waals surface area contributed by atoms with Crippen LogP contribution in [0.1, 0.15) is 16.1 Å². The second-order valence-corrected chi connectivity index (χ2v) is 5.74. The molecule has 0 amide bonds. The number of halogens is 3. The molecule has 0 saturated heterocycles. The Hall–Kier alpha value is -3.33. The molecule has 0 radical (unpaired) electrons. The molecule has 0 aliphatic heterocycles. The van der Waals surface area contributed by atoms with Gasteiger partial charge in [-0.1, -0.05) is 16.8 Å². The molecule has 7 nitrogen and oxygen atoms in total. The van der Waals surface area contributed by atoms with Crippen LogP contribution in [0.15, 0.2) is 47.0 Å². The fraction of sp³-hybridized carbons (Fsp3) is 0.0588. The van der Waals surface area contributed by atoms with Crippen LogP contribution in [0.2, 0.25) is 5.02 Å². The molecule has 0 saturated carbocycles. The first kappa shape index (κ1) is 18.5. The summed E-state index contributed by atoms with van der Waals surface area (Å²) >= 11 is 5.76. The zero-order valence-electron chi connectivity index (χ0n) is 13.3. The van der Waals surface area contributed by atoms with Gasteiger partial charge in [-0.2, -0.15) is 0 Å². The molecule has 27 heavy (non-hydrogen) atoms. The molecular weight excluding hydrogens is 386 g/mol. The van der Waals surface area contributed by atoms with E-state index in [1.54, 1.807) is 0 Å². The Kier molecular flexibility index (Phi) is 5.13. The van der Waals surface area contributed by atoms with Crippen molar-refractivity contribution in [3.8, 4) is 11.3 Å². The number of hydrogen-bond donors (Lipinski definition) is 0. The van der Waals surface area contributed by atoms with Crippen LogP contribution < -0.4 is 0 Å². The summed E-state index contributed by atoms with van der Waals surface area (Å²) in [5.74, 6) is -2.56. The number of ether oxygens (including phenoxy) is 1. The Morgan fingerprint density at radius 2 is 2.00 bits per heavy atom. The van der Waals surface area contributed by atoms with Crippen molar-refractivity contribution >= 4 is 23.3 Å². The Labute approximate surface area is 155 Å². The van der Waals surface area contributed by atoms with Gasteiger partial charge in [0.1, 0.15) is 29.5 Å². The minimum Gasteiger partial charge on any atom is -0.455 e. The molecule has 1 heterocycles. The van der Waals surface area contributed by atoms with E-state index in [9.17, 15) is 23.7 Å². The number of carbonyl (C=O) groups is 1. The molecular formula is C17H9ClF2N2O5. The lowest BCUT2D eigenvalue weighted by Crippen LogP contribution is -2.08. The van der Waals surface area contributed by atoms with Gasteiger partial charge < -0.3 is 9.26 Å². The second-order valence-electron chi connectivity index (χ2n) is 5.30. The van der Waals surface area contributed by atoms with Crippen LogP contribution in [0.4, 0.5) is 14.5 Å². The SMILES string of the molecule is O=C(OCc1cc(-c2ccc(F)cc2F)on1)c1cc(Cl)ccc1[N+](=O)[O-]. The lowest BCUT2D eigenvalue weighted by atomic mass is 10.1. The first-order valence-corrected chi connectivity index (χ1v) is 7.75. The Morgan fingerprint density at radius 3 is 2.70 bits per heavy atom. The van der Waals surface area contributed by atoms with E-state index in [1.165, 1.54) is 18.2 Å². The number of rotatable bonds is 5. The minimum absolute atomic E-state index is 0.00675. The van der Waals surface area contributed by atoms with E-state index in [0.717, 1.165) is 18.2 Å². The van der Waals surface area contributed by atoms with Gasteiger partial charge in [-0.25, -0.2) is 13.6 Å². The number of carbonyl (C=O) groups excluding carboxylic acids is 1. The molecule has 0 N–H and O–H groups in total. The number of benzene rings is 2. The van der Waals surface area contributed by atoms with E-state index in [1.807, 2.05) is 0 Å². The molecule has 10 heteroatoms. The normalized spacial score (nSPS) is 10.6. The number of aromatic nitrogens is 1. The highest BCUT2D eigenvalue weighted by atomic mass is 35.5. The molecule has 3 rings (SSSR count). The van der Waals surface area contributed by atoms with E-state index in [0.29, 0.717) is 6.07 Å². The molecule has 138 valence electrons. The maximum atomic E-state index is 13.7. The fourth-order valence-electron chi connectivity index (χ4n) is 2.24. The molecule has 0 bridgehead atoms. The van der Waals surface area contributed by atoms with Gasteiger partial charge in [0.2, 0.25) is 0 Å². The average Bonchev–Trinajstić information content (AvgIpc) is 3.08. The van der Waals surface area contributed by atoms with Crippen molar-refractivity contribution < 1.29 is 27.8 Å². The van der Waals surface area contributed by atoms with E-state index in [2.05, 4.69) is 5.16 Å². The summed E-state index contributed by atoms with van der Waals surface area (Å²) in [6.45, 7) is -0.380. The summed E-state index contributed by atoms with van der Waals surface area (Å²) in [6.07, 6.45) is 0. The van der Waals surface area contributed by atoms with Crippen LogP contribution in [-0.4, -0.2) is 16.0 Å². The predicted octanol–water partition coefficient (Wildman–Crippen LogP) is 4.54. The first-order chi connectivity index (χ1) is 12.8.